The van der Waals surface area contributed by atoms with Gasteiger partial charge in [-0.15, -0.1) is 0 Å². The van der Waals surface area contributed by atoms with Crippen molar-refractivity contribution in [3.05, 3.63) is 0 Å². The molecule has 108 valence electrons. The second-order valence-electron chi connectivity index (χ2n) is 6.35. The van der Waals surface area contributed by atoms with Crippen LogP contribution in [0, 0.1) is 11.3 Å². The minimum absolute atomic E-state index is 0.348. The van der Waals surface area contributed by atoms with E-state index in [0.29, 0.717) is 17.9 Å². The zero-order valence-corrected chi connectivity index (χ0v) is 12.5. The highest BCUT2D eigenvalue weighted by molar-refractivity contribution is 4.83. The SMILES string of the molecule is CCCC(C)(CNC)CN1CCCC(CCO)C1. The Morgan fingerprint density at radius 1 is 1.44 bits per heavy atom. The third kappa shape index (κ3) is 5.25. The highest BCUT2D eigenvalue weighted by Gasteiger charge is 2.28. The van der Waals surface area contributed by atoms with Gasteiger partial charge in [0.2, 0.25) is 0 Å². The molecule has 0 saturated carbocycles. The van der Waals surface area contributed by atoms with E-state index < -0.39 is 0 Å². The lowest BCUT2D eigenvalue weighted by molar-refractivity contribution is 0.0950. The Labute approximate surface area is 113 Å². The van der Waals surface area contributed by atoms with E-state index in [0.717, 1.165) is 13.0 Å². The molecule has 0 spiro atoms. The smallest absolute Gasteiger partial charge is 0.0434 e. The van der Waals surface area contributed by atoms with Gasteiger partial charge in [-0.25, -0.2) is 0 Å². The van der Waals surface area contributed by atoms with Crippen LogP contribution in [-0.4, -0.2) is 49.8 Å². The summed E-state index contributed by atoms with van der Waals surface area (Å²) in [5.74, 6) is 0.712. The summed E-state index contributed by atoms with van der Waals surface area (Å²) >= 11 is 0. The lowest BCUT2D eigenvalue weighted by Crippen LogP contribution is -2.45. The Bertz CT molecular complexity index is 213. The molecular weight excluding hydrogens is 224 g/mol. The summed E-state index contributed by atoms with van der Waals surface area (Å²) in [6.07, 6.45) is 6.12. The van der Waals surface area contributed by atoms with Crippen molar-refractivity contribution < 1.29 is 5.11 Å². The first-order valence-electron chi connectivity index (χ1n) is 7.61. The van der Waals surface area contributed by atoms with E-state index in [9.17, 15) is 0 Å². The van der Waals surface area contributed by atoms with Gasteiger partial charge in [-0.2, -0.15) is 0 Å². The summed E-state index contributed by atoms with van der Waals surface area (Å²) in [5, 5.41) is 12.4. The quantitative estimate of drug-likeness (QED) is 0.698. The number of rotatable bonds is 8. The molecule has 0 radical (unpaired) electrons. The van der Waals surface area contributed by atoms with Crippen molar-refractivity contribution in [1.29, 1.82) is 0 Å². The fourth-order valence-corrected chi connectivity index (χ4v) is 3.51. The molecule has 1 rings (SSSR count). The summed E-state index contributed by atoms with van der Waals surface area (Å²) in [5.41, 5.74) is 0.393. The van der Waals surface area contributed by atoms with Crippen LogP contribution in [0.1, 0.15) is 46.0 Å². The van der Waals surface area contributed by atoms with Gasteiger partial charge in [0.25, 0.3) is 0 Å². The molecule has 2 atom stereocenters. The predicted octanol–water partition coefficient (Wildman–Crippen LogP) is 2.11. The van der Waals surface area contributed by atoms with Gasteiger partial charge < -0.3 is 15.3 Å². The van der Waals surface area contributed by atoms with Gasteiger partial charge in [-0.1, -0.05) is 20.3 Å². The molecule has 1 fully saturated rings. The molecule has 1 heterocycles. The van der Waals surface area contributed by atoms with Gasteiger partial charge in [0, 0.05) is 26.2 Å². The molecule has 1 saturated heterocycles. The van der Waals surface area contributed by atoms with Crippen LogP contribution in [0.2, 0.25) is 0 Å². The summed E-state index contributed by atoms with van der Waals surface area (Å²) < 4.78 is 0. The van der Waals surface area contributed by atoms with Crippen LogP contribution in [0.25, 0.3) is 0 Å². The van der Waals surface area contributed by atoms with E-state index in [1.165, 1.54) is 45.3 Å². The molecule has 2 unspecified atom stereocenters. The predicted molar refractivity (Wildman–Crippen MR) is 77.8 cm³/mol. The summed E-state index contributed by atoms with van der Waals surface area (Å²) in [7, 11) is 2.05. The molecule has 0 aromatic rings. The summed E-state index contributed by atoms with van der Waals surface area (Å²) in [6, 6.07) is 0. The number of piperidine rings is 1. The van der Waals surface area contributed by atoms with E-state index in [1.807, 2.05) is 0 Å². The highest BCUT2D eigenvalue weighted by Crippen LogP contribution is 2.27. The third-order valence-corrected chi connectivity index (χ3v) is 4.20. The zero-order valence-electron chi connectivity index (χ0n) is 12.5. The fourth-order valence-electron chi connectivity index (χ4n) is 3.51. The van der Waals surface area contributed by atoms with Crippen LogP contribution in [0.4, 0.5) is 0 Å². The molecule has 0 bridgehead atoms. The lowest BCUT2D eigenvalue weighted by Gasteiger charge is -2.39. The third-order valence-electron chi connectivity index (χ3n) is 4.20. The van der Waals surface area contributed by atoms with Gasteiger partial charge in [0.05, 0.1) is 0 Å². The number of nitrogens with one attached hydrogen (secondary N) is 1. The average molecular weight is 256 g/mol. The lowest BCUT2D eigenvalue weighted by atomic mass is 9.83. The van der Waals surface area contributed by atoms with Crippen molar-refractivity contribution >= 4 is 0 Å². The molecule has 0 amide bonds. The second-order valence-corrected chi connectivity index (χ2v) is 6.35. The number of aliphatic hydroxyl groups is 1. The first kappa shape index (κ1) is 15.9. The number of hydrogen-bond donors (Lipinski definition) is 2. The van der Waals surface area contributed by atoms with Gasteiger partial charge in [0.15, 0.2) is 0 Å². The Kier molecular flexibility index (Phi) is 7.20. The molecule has 18 heavy (non-hydrogen) atoms. The molecule has 2 N–H and O–H groups in total. The topological polar surface area (TPSA) is 35.5 Å². The molecule has 0 aliphatic carbocycles. The van der Waals surface area contributed by atoms with E-state index in [4.69, 9.17) is 5.11 Å². The Morgan fingerprint density at radius 2 is 2.22 bits per heavy atom. The van der Waals surface area contributed by atoms with Crippen molar-refractivity contribution in [3.8, 4) is 0 Å². The normalized spacial score (nSPS) is 25.0. The maximum Gasteiger partial charge on any atom is 0.0434 e. The van der Waals surface area contributed by atoms with E-state index in [-0.39, 0.29) is 0 Å². The largest absolute Gasteiger partial charge is 0.396 e. The second kappa shape index (κ2) is 8.13. The van der Waals surface area contributed by atoms with Gasteiger partial charge in [-0.3, -0.25) is 0 Å². The average Bonchev–Trinajstić information content (AvgIpc) is 2.30. The van der Waals surface area contributed by atoms with Crippen LogP contribution in [0.5, 0.6) is 0 Å². The Hall–Kier alpha value is -0.120. The van der Waals surface area contributed by atoms with Crippen LogP contribution in [-0.2, 0) is 0 Å². The number of aliphatic hydroxyl groups excluding tert-OH is 1. The minimum Gasteiger partial charge on any atom is -0.396 e. The van der Waals surface area contributed by atoms with Crippen LogP contribution >= 0.6 is 0 Å². The number of hydrogen-bond acceptors (Lipinski definition) is 3. The van der Waals surface area contributed by atoms with E-state index in [2.05, 4.69) is 31.1 Å². The van der Waals surface area contributed by atoms with Crippen molar-refractivity contribution in [2.24, 2.45) is 11.3 Å². The summed E-state index contributed by atoms with van der Waals surface area (Å²) in [6.45, 7) is 9.75. The molecule has 3 nitrogen and oxygen atoms in total. The first-order valence-corrected chi connectivity index (χ1v) is 7.61. The Balaban J connectivity index is 2.47. The highest BCUT2D eigenvalue weighted by atomic mass is 16.3. The maximum absolute atomic E-state index is 9.08. The fraction of sp³-hybridized carbons (Fsp3) is 1.00. The van der Waals surface area contributed by atoms with Gasteiger partial charge in [0.1, 0.15) is 0 Å². The molecule has 0 aromatic carbocycles. The van der Waals surface area contributed by atoms with Crippen LogP contribution in [0.15, 0.2) is 0 Å². The molecular formula is C15H32N2O. The van der Waals surface area contributed by atoms with Gasteiger partial charge >= 0.3 is 0 Å². The van der Waals surface area contributed by atoms with Crippen molar-refractivity contribution in [3.63, 3.8) is 0 Å². The molecule has 1 aliphatic heterocycles. The minimum atomic E-state index is 0.348. The van der Waals surface area contributed by atoms with Crippen LogP contribution in [0.3, 0.4) is 0 Å². The molecule has 3 heteroatoms. The van der Waals surface area contributed by atoms with Crippen molar-refractivity contribution in [2.45, 2.75) is 46.0 Å². The number of likely N-dealkylation sites (tertiary alicyclic amines) is 1. The Morgan fingerprint density at radius 3 is 2.83 bits per heavy atom. The van der Waals surface area contributed by atoms with Crippen LogP contribution < -0.4 is 5.32 Å². The molecule has 0 aromatic heterocycles. The monoisotopic (exact) mass is 256 g/mol. The zero-order chi connectivity index (χ0) is 13.4. The van der Waals surface area contributed by atoms with Crippen molar-refractivity contribution in [2.75, 3.05) is 39.8 Å². The van der Waals surface area contributed by atoms with Crippen molar-refractivity contribution in [1.82, 2.24) is 10.2 Å². The van der Waals surface area contributed by atoms with E-state index >= 15 is 0 Å². The van der Waals surface area contributed by atoms with E-state index in [1.54, 1.807) is 0 Å². The number of nitrogens with zero attached hydrogens (tertiary/aromatic N) is 1. The molecule has 1 aliphatic rings. The summed E-state index contributed by atoms with van der Waals surface area (Å²) in [4.78, 5) is 2.62. The van der Waals surface area contributed by atoms with Gasteiger partial charge in [-0.05, 0) is 50.6 Å². The first-order chi connectivity index (χ1) is 8.63. The standard InChI is InChI=1S/C15H32N2O/c1-4-8-15(2,12-16-3)13-17-9-5-6-14(11-17)7-10-18/h14,16,18H,4-13H2,1-3H3. The maximum atomic E-state index is 9.08.